The molecule has 0 radical (unpaired) electrons. The summed E-state index contributed by atoms with van der Waals surface area (Å²) in [4.78, 5) is 0. The van der Waals surface area contributed by atoms with Crippen LogP contribution in [0.3, 0.4) is 0 Å². The van der Waals surface area contributed by atoms with Crippen LogP contribution in [0.1, 0.15) is 31.4 Å². The van der Waals surface area contributed by atoms with Gasteiger partial charge in [-0.15, -0.1) is 0 Å². The summed E-state index contributed by atoms with van der Waals surface area (Å²) in [7, 11) is 1.89. The Morgan fingerprint density at radius 3 is 2.65 bits per heavy atom. The molecule has 0 saturated heterocycles. The van der Waals surface area contributed by atoms with Crippen LogP contribution in [0.25, 0.3) is 11.3 Å². The van der Waals surface area contributed by atoms with Crippen molar-refractivity contribution >= 4 is 0 Å². The number of nitriles is 1. The molecule has 0 bridgehead atoms. The first-order chi connectivity index (χ1) is 11.0. The largest absolute Gasteiger partial charge is 0.392 e. The lowest BCUT2D eigenvalue weighted by Crippen LogP contribution is -2.31. The first-order valence-corrected chi connectivity index (χ1v) is 7.97. The summed E-state index contributed by atoms with van der Waals surface area (Å²) in [6.07, 6.45) is 2.61. The maximum atomic E-state index is 10.0. The van der Waals surface area contributed by atoms with Crippen LogP contribution in [0.2, 0.25) is 0 Å². The number of aromatic nitrogens is 2. The van der Waals surface area contributed by atoms with Gasteiger partial charge in [0.25, 0.3) is 0 Å². The topological polar surface area (TPSA) is 73.9 Å². The average Bonchev–Trinajstić information content (AvgIpc) is 2.94. The summed E-state index contributed by atoms with van der Waals surface area (Å²) in [5, 5.41) is 26.7. The number of rotatable bonds is 7. The van der Waals surface area contributed by atoms with Gasteiger partial charge in [0.2, 0.25) is 0 Å². The summed E-state index contributed by atoms with van der Waals surface area (Å²) in [5.74, 6) is 0.286. The molecule has 1 heterocycles. The Morgan fingerprint density at radius 2 is 2.04 bits per heavy atom. The highest BCUT2D eigenvalue weighted by molar-refractivity contribution is 5.63. The third-order valence-electron chi connectivity index (χ3n) is 4.16. The Kier molecular flexibility index (Phi) is 5.91. The van der Waals surface area contributed by atoms with Crippen LogP contribution in [0.4, 0.5) is 0 Å². The van der Waals surface area contributed by atoms with Gasteiger partial charge in [-0.2, -0.15) is 10.4 Å². The average molecular weight is 312 g/mol. The number of nitrogens with zero attached hydrogens (tertiary/aromatic N) is 3. The van der Waals surface area contributed by atoms with E-state index in [0.29, 0.717) is 18.7 Å². The zero-order valence-corrected chi connectivity index (χ0v) is 14.0. The van der Waals surface area contributed by atoms with E-state index in [1.165, 1.54) is 0 Å². The van der Waals surface area contributed by atoms with E-state index in [0.717, 1.165) is 23.2 Å². The highest BCUT2D eigenvalue weighted by atomic mass is 16.3. The van der Waals surface area contributed by atoms with E-state index < -0.39 is 0 Å². The Hall–Kier alpha value is -2.16. The van der Waals surface area contributed by atoms with Crippen molar-refractivity contribution in [3.05, 3.63) is 41.6 Å². The smallest absolute Gasteiger partial charge is 0.0991 e. The van der Waals surface area contributed by atoms with Gasteiger partial charge >= 0.3 is 0 Å². The zero-order chi connectivity index (χ0) is 16.8. The molecule has 0 amide bonds. The van der Waals surface area contributed by atoms with Crippen molar-refractivity contribution in [2.45, 2.75) is 32.9 Å². The molecule has 2 aromatic rings. The number of aliphatic hydroxyl groups excluding tert-OH is 1. The summed E-state index contributed by atoms with van der Waals surface area (Å²) in [6.45, 7) is 5.35. The van der Waals surface area contributed by atoms with Crippen molar-refractivity contribution in [1.82, 2.24) is 15.1 Å². The molecule has 2 N–H and O–H groups in total. The number of nitrogens with one attached hydrogen (secondary N) is 1. The van der Waals surface area contributed by atoms with Gasteiger partial charge in [-0.3, -0.25) is 4.68 Å². The van der Waals surface area contributed by atoms with Crippen LogP contribution < -0.4 is 5.32 Å². The Balaban J connectivity index is 2.07. The molecule has 0 spiro atoms. The predicted molar refractivity (Wildman–Crippen MR) is 90.5 cm³/mol. The molecule has 0 aliphatic rings. The van der Waals surface area contributed by atoms with Crippen LogP contribution in [0.5, 0.6) is 0 Å². The third-order valence-corrected chi connectivity index (χ3v) is 4.16. The fraction of sp³-hybridized carbons (Fsp3) is 0.444. The van der Waals surface area contributed by atoms with Gasteiger partial charge < -0.3 is 10.4 Å². The lowest BCUT2D eigenvalue weighted by molar-refractivity contribution is 0.113. The zero-order valence-electron chi connectivity index (χ0n) is 14.0. The molecule has 0 aliphatic carbocycles. The van der Waals surface area contributed by atoms with Crippen LogP contribution >= 0.6 is 0 Å². The van der Waals surface area contributed by atoms with E-state index >= 15 is 0 Å². The van der Waals surface area contributed by atoms with Crippen molar-refractivity contribution in [1.29, 1.82) is 5.26 Å². The van der Waals surface area contributed by atoms with Gasteiger partial charge in [-0.25, -0.2) is 0 Å². The van der Waals surface area contributed by atoms with Gasteiger partial charge in [0.15, 0.2) is 0 Å². The normalized spacial score (nSPS) is 13.5. The van der Waals surface area contributed by atoms with Crippen molar-refractivity contribution in [2.24, 2.45) is 13.0 Å². The molecule has 5 nitrogen and oxygen atoms in total. The monoisotopic (exact) mass is 312 g/mol. The number of hydrogen-bond acceptors (Lipinski definition) is 4. The second kappa shape index (κ2) is 7.91. The molecule has 2 rings (SSSR count). The third kappa shape index (κ3) is 4.41. The highest BCUT2D eigenvalue weighted by Crippen LogP contribution is 2.22. The van der Waals surface area contributed by atoms with Crippen molar-refractivity contribution < 1.29 is 5.11 Å². The van der Waals surface area contributed by atoms with Crippen molar-refractivity contribution in [3.63, 3.8) is 0 Å². The maximum Gasteiger partial charge on any atom is 0.0991 e. The van der Waals surface area contributed by atoms with E-state index in [1.807, 2.05) is 25.4 Å². The minimum absolute atomic E-state index is 0.286. The quantitative estimate of drug-likeness (QED) is 0.823. The van der Waals surface area contributed by atoms with E-state index in [1.54, 1.807) is 16.8 Å². The van der Waals surface area contributed by atoms with E-state index in [9.17, 15) is 5.11 Å². The Labute approximate surface area is 137 Å². The molecule has 0 saturated carbocycles. The van der Waals surface area contributed by atoms with E-state index in [2.05, 4.69) is 30.3 Å². The molecule has 2 atom stereocenters. The minimum Gasteiger partial charge on any atom is -0.392 e. The van der Waals surface area contributed by atoms with Gasteiger partial charge in [0.05, 0.1) is 23.4 Å². The first-order valence-electron chi connectivity index (χ1n) is 7.97. The molecule has 1 aromatic heterocycles. The fourth-order valence-corrected chi connectivity index (χ4v) is 2.44. The molecule has 5 heteroatoms. The summed E-state index contributed by atoms with van der Waals surface area (Å²) in [5.41, 5.74) is 3.61. The number of benzene rings is 1. The first kappa shape index (κ1) is 17.2. The highest BCUT2D eigenvalue weighted by Gasteiger charge is 2.13. The van der Waals surface area contributed by atoms with Gasteiger partial charge in [0, 0.05) is 37.5 Å². The van der Waals surface area contributed by atoms with E-state index in [-0.39, 0.29) is 12.0 Å². The van der Waals surface area contributed by atoms with Crippen LogP contribution in [-0.4, -0.2) is 27.5 Å². The maximum absolute atomic E-state index is 10.0. The SMILES string of the molecule is CCC(C)C(O)CNCc1cn(C)nc1-c1ccc(C#N)cc1. The van der Waals surface area contributed by atoms with Gasteiger partial charge in [-0.05, 0) is 18.1 Å². The summed E-state index contributed by atoms with van der Waals surface area (Å²) in [6, 6.07) is 9.55. The fourth-order valence-electron chi connectivity index (χ4n) is 2.44. The predicted octanol–water partition coefficient (Wildman–Crippen LogP) is 2.46. The van der Waals surface area contributed by atoms with Crippen LogP contribution in [0.15, 0.2) is 30.5 Å². The molecular weight excluding hydrogens is 288 g/mol. The lowest BCUT2D eigenvalue weighted by Gasteiger charge is -2.17. The molecule has 0 fully saturated rings. The minimum atomic E-state index is -0.338. The lowest BCUT2D eigenvalue weighted by atomic mass is 10.0. The second-order valence-electron chi connectivity index (χ2n) is 5.95. The second-order valence-corrected chi connectivity index (χ2v) is 5.95. The van der Waals surface area contributed by atoms with Crippen molar-refractivity contribution in [3.8, 4) is 17.3 Å². The Bertz CT molecular complexity index is 669. The number of hydrogen-bond donors (Lipinski definition) is 2. The van der Waals surface area contributed by atoms with Gasteiger partial charge in [-0.1, -0.05) is 32.4 Å². The molecule has 122 valence electrons. The molecular formula is C18H24N4O. The molecule has 23 heavy (non-hydrogen) atoms. The molecule has 2 unspecified atom stereocenters. The van der Waals surface area contributed by atoms with Crippen molar-refractivity contribution in [2.75, 3.05) is 6.54 Å². The van der Waals surface area contributed by atoms with Crippen LogP contribution in [-0.2, 0) is 13.6 Å². The number of aliphatic hydroxyl groups is 1. The van der Waals surface area contributed by atoms with E-state index in [4.69, 9.17) is 5.26 Å². The van der Waals surface area contributed by atoms with Gasteiger partial charge in [0.1, 0.15) is 0 Å². The summed E-state index contributed by atoms with van der Waals surface area (Å²) < 4.78 is 1.79. The molecule has 1 aromatic carbocycles. The van der Waals surface area contributed by atoms with Crippen LogP contribution in [0, 0.1) is 17.2 Å². The number of aryl methyl sites for hydroxylation is 1. The molecule has 0 aliphatic heterocycles. The Morgan fingerprint density at radius 1 is 1.35 bits per heavy atom. The summed E-state index contributed by atoms with van der Waals surface area (Å²) >= 11 is 0. The standard InChI is InChI=1S/C18H24N4O/c1-4-13(2)17(23)11-20-10-16-12-22(3)21-18(16)15-7-5-14(9-19)6-8-15/h5-8,12-13,17,20,23H,4,10-11H2,1-3H3.